The van der Waals surface area contributed by atoms with Gasteiger partial charge in [0.2, 0.25) is 5.78 Å². The molecule has 0 fully saturated rings. The third-order valence-corrected chi connectivity index (χ3v) is 3.92. The number of carbonyl (C=O) groups is 1. The standard InChI is InChI=1S/C15H6BrCl2FO2/c16-8-1-2-12(19)10(5-8)14(20)13-4-7-3-9(17)6-11(18)15(7)21-13/h1-6H. The second-order valence-electron chi connectivity index (χ2n) is 4.37. The molecule has 0 aliphatic rings. The van der Waals surface area contributed by atoms with Gasteiger partial charge >= 0.3 is 0 Å². The third-order valence-electron chi connectivity index (χ3n) is 2.93. The van der Waals surface area contributed by atoms with Gasteiger partial charge < -0.3 is 4.42 Å². The first-order valence-electron chi connectivity index (χ1n) is 5.84. The Hall–Kier alpha value is -1.36. The SMILES string of the molecule is O=C(c1cc2cc(Cl)cc(Cl)c2o1)c1cc(Br)ccc1F. The Morgan fingerprint density at radius 1 is 1.14 bits per heavy atom. The molecule has 0 bridgehead atoms. The highest BCUT2D eigenvalue weighted by molar-refractivity contribution is 9.10. The average molecular weight is 388 g/mol. The molecule has 1 aromatic heterocycles. The molecule has 0 saturated heterocycles. The van der Waals surface area contributed by atoms with E-state index in [-0.39, 0.29) is 11.3 Å². The summed E-state index contributed by atoms with van der Waals surface area (Å²) in [7, 11) is 0. The maximum atomic E-state index is 13.8. The van der Waals surface area contributed by atoms with Crippen LogP contribution in [-0.4, -0.2) is 5.78 Å². The van der Waals surface area contributed by atoms with E-state index in [2.05, 4.69) is 15.9 Å². The van der Waals surface area contributed by atoms with Crippen molar-refractivity contribution in [2.45, 2.75) is 0 Å². The van der Waals surface area contributed by atoms with Crippen LogP contribution in [0.2, 0.25) is 10.0 Å². The van der Waals surface area contributed by atoms with Crippen molar-refractivity contribution in [3.05, 3.63) is 68.1 Å². The van der Waals surface area contributed by atoms with Crippen molar-refractivity contribution in [2.24, 2.45) is 0 Å². The summed E-state index contributed by atoms with van der Waals surface area (Å²) in [6.45, 7) is 0. The summed E-state index contributed by atoms with van der Waals surface area (Å²) in [5.41, 5.74) is 0.269. The first kappa shape index (κ1) is 14.6. The van der Waals surface area contributed by atoms with E-state index >= 15 is 0 Å². The fourth-order valence-corrected chi connectivity index (χ4v) is 2.90. The van der Waals surface area contributed by atoms with Crippen LogP contribution in [0, 0.1) is 5.82 Å². The predicted molar refractivity (Wildman–Crippen MR) is 83.8 cm³/mol. The summed E-state index contributed by atoms with van der Waals surface area (Å²) in [6.07, 6.45) is 0. The zero-order valence-corrected chi connectivity index (χ0v) is 13.4. The number of carbonyl (C=O) groups excluding carboxylic acids is 1. The Morgan fingerprint density at radius 3 is 2.67 bits per heavy atom. The molecule has 0 unspecified atom stereocenters. The lowest BCUT2D eigenvalue weighted by Gasteiger charge is -2.00. The van der Waals surface area contributed by atoms with Crippen LogP contribution in [-0.2, 0) is 0 Å². The van der Waals surface area contributed by atoms with Crippen molar-refractivity contribution >= 4 is 55.9 Å². The number of hydrogen-bond acceptors (Lipinski definition) is 2. The summed E-state index contributed by atoms with van der Waals surface area (Å²) >= 11 is 15.1. The molecule has 0 aliphatic carbocycles. The van der Waals surface area contributed by atoms with Crippen LogP contribution in [0.25, 0.3) is 11.0 Å². The molecular weight excluding hydrogens is 382 g/mol. The van der Waals surface area contributed by atoms with E-state index in [1.807, 2.05) is 0 Å². The van der Waals surface area contributed by atoms with E-state index in [1.165, 1.54) is 30.3 Å². The number of benzene rings is 2. The smallest absolute Gasteiger partial charge is 0.231 e. The van der Waals surface area contributed by atoms with Crippen molar-refractivity contribution in [3.8, 4) is 0 Å². The van der Waals surface area contributed by atoms with Gasteiger partial charge in [-0.15, -0.1) is 0 Å². The van der Waals surface area contributed by atoms with Crippen LogP contribution in [0.5, 0.6) is 0 Å². The molecular formula is C15H6BrCl2FO2. The van der Waals surface area contributed by atoms with E-state index in [1.54, 1.807) is 6.07 Å². The quantitative estimate of drug-likeness (QED) is 0.514. The molecule has 2 nitrogen and oxygen atoms in total. The van der Waals surface area contributed by atoms with Gasteiger partial charge in [-0.05, 0) is 36.4 Å². The fourth-order valence-electron chi connectivity index (χ4n) is 1.99. The minimum atomic E-state index is -0.618. The molecule has 0 N–H and O–H groups in total. The zero-order chi connectivity index (χ0) is 15.1. The maximum Gasteiger partial charge on any atom is 0.231 e. The molecule has 2 aromatic carbocycles. The van der Waals surface area contributed by atoms with Crippen LogP contribution in [0.4, 0.5) is 4.39 Å². The molecule has 0 amide bonds. The monoisotopic (exact) mass is 386 g/mol. The van der Waals surface area contributed by atoms with Crippen molar-refractivity contribution in [3.63, 3.8) is 0 Å². The van der Waals surface area contributed by atoms with Gasteiger partial charge in [0.1, 0.15) is 5.82 Å². The first-order chi connectivity index (χ1) is 9.95. The summed E-state index contributed by atoms with van der Waals surface area (Å²) < 4.78 is 19.8. The number of hydrogen-bond donors (Lipinski definition) is 0. The van der Waals surface area contributed by atoms with Gasteiger partial charge in [0.25, 0.3) is 0 Å². The molecule has 1 heterocycles. The molecule has 0 atom stereocenters. The van der Waals surface area contributed by atoms with Crippen molar-refractivity contribution in [2.75, 3.05) is 0 Å². The summed E-state index contributed by atoms with van der Waals surface area (Å²) in [5, 5.41) is 1.32. The van der Waals surface area contributed by atoms with E-state index < -0.39 is 11.6 Å². The highest BCUT2D eigenvalue weighted by Gasteiger charge is 2.19. The van der Waals surface area contributed by atoms with Gasteiger partial charge in [-0.2, -0.15) is 0 Å². The zero-order valence-electron chi connectivity index (χ0n) is 10.3. The van der Waals surface area contributed by atoms with Crippen LogP contribution in [0.15, 0.2) is 45.3 Å². The molecule has 0 saturated carbocycles. The average Bonchev–Trinajstić information content (AvgIpc) is 2.85. The summed E-state index contributed by atoms with van der Waals surface area (Å²) in [6, 6.07) is 8.77. The van der Waals surface area contributed by atoms with Gasteiger partial charge in [-0.1, -0.05) is 39.1 Å². The maximum absolute atomic E-state index is 13.8. The van der Waals surface area contributed by atoms with Gasteiger partial charge in [0, 0.05) is 14.9 Å². The van der Waals surface area contributed by atoms with Gasteiger partial charge in [0.05, 0.1) is 10.6 Å². The highest BCUT2D eigenvalue weighted by atomic mass is 79.9. The highest BCUT2D eigenvalue weighted by Crippen LogP contribution is 2.31. The van der Waals surface area contributed by atoms with E-state index in [0.29, 0.717) is 25.5 Å². The van der Waals surface area contributed by atoms with Crippen LogP contribution in [0.3, 0.4) is 0 Å². The van der Waals surface area contributed by atoms with Gasteiger partial charge in [-0.25, -0.2) is 4.39 Å². The Morgan fingerprint density at radius 2 is 1.90 bits per heavy atom. The van der Waals surface area contributed by atoms with E-state index in [4.69, 9.17) is 27.6 Å². The Bertz CT molecular complexity index is 873. The van der Waals surface area contributed by atoms with E-state index in [9.17, 15) is 9.18 Å². The molecule has 21 heavy (non-hydrogen) atoms. The molecule has 0 radical (unpaired) electrons. The molecule has 6 heteroatoms. The predicted octanol–water partition coefficient (Wildman–Crippen LogP) is 5.87. The Balaban J connectivity index is 2.14. The number of halogens is 4. The lowest BCUT2D eigenvalue weighted by molar-refractivity contribution is 0.101. The Kier molecular flexibility index (Phi) is 3.78. The lowest BCUT2D eigenvalue weighted by Crippen LogP contribution is -2.02. The van der Waals surface area contributed by atoms with Crippen molar-refractivity contribution < 1.29 is 13.6 Å². The number of fused-ring (bicyclic) bond motifs is 1. The second-order valence-corrected chi connectivity index (χ2v) is 6.13. The normalized spacial score (nSPS) is 11.0. The fraction of sp³-hybridized carbons (Fsp3) is 0. The minimum Gasteiger partial charge on any atom is -0.451 e. The van der Waals surface area contributed by atoms with Crippen molar-refractivity contribution in [1.82, 2.24) is 0 Å². The number of ketones is 1. The third kappa shape index (κ3) is 2.71. The topological polar surface area (TPSA) is 30.2 Å². The lowest BCUT2D eigenvalue weighted by atomic mass is 10.1. The minimum absolute atomic E-state index is 0.00571. The second kappa shape index (κ2) is 5.44. The summed E-state index contributed by atoms with van der Waals surface area (Å²) in [4.78, 5) is 12.4. The molecule has 3 rings (SSSR count). The van der Waals surface area contributed by atoms with Gasteiger partial charge in [0.15, 0.2) is 11.3 Å². The van der Waals surface area contributed by atoms with Crippen LogP contribution < -0.4 is 0 Å². The van der Waals surface area contributed by atoms with Gasteiger partial charge in [-0.3, -0.25) is 4.79 Å². The molecule has 3 aromatic rings. The first-order valence-corrected chi connectivity index (χ1v) is 7.39. The molecule has 106 valence electrons. The number of rotatable bonds is 2. The Labute approximate surface area is 137 Å². The van der Waals surface area contributed by atoms with E-state index in [0.717, 1.165) is 0 Å². The molecule has 0 spiro atoms. The van der Waals surface area contributed by atoms with Crippen LogP contribution in [0.1, 0.15) is 16.1 Å². The van der Waals surface area contributed by atoms with Crippen LogP contribution >= 0.6 is 39.1 Å². The number of furan rings is 1. The largest absolute Gasteiger partial charge is 0.451 e. The molecule has 0 aliphatic heterocycles. The summed E-state index contributed by atoms with van der Waals surface area (Å²) in [5.74, 6) is -1.17. The van der Waals surface area contributed by atoms with Crippen molar-refractivity contribution in [1.29, 1.82) is 0 Å².